The molecule has 0 saturated heterocycles. The molecule has 1 aromatic carbocycles. The van der Waals surface area contributed by atoms with Crippen molar-refractivity contribution < 1.29 is 22.3 Å². The highest BCUT2D eigenvalue weighted by molar-refractivity contribution is 14.0. The fourth-order valence-corrected chi connectivity index (χ4v) is 3.29. The van der Waals surface area contributed by atoms with Gasteiger partial charge < -0.3 is 20.2 Å². The van der Waals surface area contributed by atoms with Gasteiger partial charge >= 0.3 is 0 Å². The first-order valence-corrected chi connectivity index (χ1v) is 10.5. The minimum Gasteiger partial charge on any atom is -0.467 e. The minimum absolute atomic E-state index is 0. The maximum absolute atomic E-state index is 13.6. The van der Waals surface area contributed by atoms with Gasteiger partial charge in [-0.05, 0) is 42.3 Å². The molecule has 0 aliphatic rings. The zero-order valence-corrected chi connectivity index (χ0v) is 18.8. The third kappa shape index (κ3) is 8.15. The van der Waals surface area contributed by atoms with Crippen molar-refractivity contribution in [1.29, 1.82) is 0 Å². The summed E-state index contributed by atoms with van der Waals surface area (Å²) in [6.07, 6.45) is 1.76. The number of furan rings is 1. The lowest BCUT2D eigenvalue weighted by atomic mass is 10.1. The van der Waals surface area contributed by atoms with Crippen LogP contribution in [0.4, 0.5) is 4.39 Å². The normalized spacial score (nSPS) is 12.9. The summed E-state index contributed by atoms with van der Waals surface area (Å²) in [5.41, 5.74) is 0.998. The molecule has 1 aromatic heterocycles. The maximum Gasteiger partial charge on any atom is 0.191 e. The fraction of sp³-hybridized carbons (Fsp3) is 0.389. The molecule has 7 nitrogen and oxygen atoms in total. The molecule has 0 aliphatic heterocycles. The van der Waals surface area contributed by atoms with Crippen LogP contribution in [0.1, 0.15) is 29.9 Å². The van der Waals surface area contributed by atoms with Crippen molar-refractivity contribution in [2.45, 2.75) is 25.3 Å². The van der Waals surface area contributed by atoms with E-state index in [-0.39, 0.29) is 42.8 Å². The number of nitrogens with one attached hydrogen (secondary N) is 2. The molecule has 0 aliphatic carbocycles. The van der Waals surface area contributed by atoms with Gasteiger partial charge in [0, 0.05) is 12.8 Å². The van der Waals surface area contributed by atoms with Gasteiger partial charge in [-0.1, -0.05) is 6.07 Å². The molecule has 10 heteroatoms. The van der Waals surface area contributed by atoms with Gasteiger partial charge in [-0.2, -0.15) is 0 Å². The van der Waals surface area contributed by atoms with E-state index in [1.165, 1.54) is 24.5 Å². The third-order valence-corrected chi connectivity index (χ3v) is 4.51. The van der Waals surface area contributed by atoms with E-state index in [1.807, 2.05) is 6.92 Å². The van der Waals surface area contributed by atoms with Gasteiger partial charge in [0.05, 0.1) is 25.1 Å². The standard InChI is InChI=1S/C18H24FN3O4S.HI/c1-3-20-18(22-11-16(23)17-5-4-8-26-17)21-10-14-9-15(19)7-6-13(14)12-27(2,24)25;/h4-9,16,23H,3,10-12H2,1-2H3,(H2,20,21,22);1H. The number of nitrogens with zero attached hydrogens (tertiary/aromatic N) is 1. The molecule has 1 atom stereocenters. The molecule has 0 spiro atoms. The van der Waals surface area contributed by atoms with Crippen molar-refractivity contribution in [2.24, 2.45) is 4.99 Å². The monoisotopic (exact) mass is 525 g/mol. The number of aliphatic hydroxyl groups is 1. The van der Waals surface area contributed by atoms with Crippen LogP contribution in [-0.2, 0) is 22.1 Å². The van der Waals surface area contributed by atoms with E-state index < -0.39 is 21.8 Å². The molecule has 28 heavy (non-hydrogen) atoms. The highest BCUT2D eigenvalue weighted by Crippen LogP contribution is 2.16. The SMILES string of the molecule is CCNC(=NCc1cc(F)ccc1CS(C)(=O)=O)NCC(O)c1ccco1.I. The molecule has 1 unspecified atom stereocenters. The molecule has 0 fully saturated rings. The number of hydrogen-bond donors (Lipinski definition) is 3. The predicted octanol–water partition coefficient (Wildman–Crippen LogP) is 2.37. The average molecular weight is 525 g/mol. The largest absolute Gasteiger partial charge is 0.467 e. The highest BCUT2D eigenvalue weighted by Gasteiger charge is 2.12. The van der Waals surface area contributed by atoms with E-state index in [0.717, 1.165) is 6.26 Å². The van der Waals surface area contributed by atoms with E-state index in [1.54, 1.807) is 12.1 Å². The van der Waals surface area contributed by atoms with Gasteiger partial charge in [0.25, 0.3) is 0 Å². The summed E-state index contributed by atoms with van der Waals surface area (Å²) in [4.78, 5) is 4.36. The van der Waals surface area contributed by atoms with Gasteiger partial charge in [-0.25, -0.2) is 17.8 Å². The zero-order chi connectivity index (χ0) is 19.9. The second kappa shape index (κ2) is 11.4. The number of guanidine groups is 1. The van der Waals surface area contributed by atoms with Crippen molar-refractivity contribution in [3.8, 4) is 0 Å². The summed E-state index contributed by atoms with van der Waals surface area (Å²) < 4.78 is 41.9. The molecule has 2 rings (SSSR count). The lowest BCUT2D eigenvalue weighted by molar-refractivity contribution is 0.153. The number of sulfone groups is 1. The molecule has 156 valence electrons. The molecule has 1 heterocycles. The average Bonchev–Trinajstić information content (AvgIpc) is 3.12. The van der Waals surface area contributed by atoms with Crippen molar-refractivity contribution in [3.05, 3.63) is 59.3 Å². The third-order valence-electron chi connectivity index (χ3n) is 3.67. The second-order valence-corrected chi connectivity index (χ2v) is 8.23. The van der Waals surface area contributed by atoms with Gasteiger partial charge in [-0.3, -0.25) is 0 Å². The predicted molar refractivity (Wildman–Crippen MR) is 117 cm³/mol. The Kier molecular flexibility index (Phi) is 9.90. The molecular formula is C18H25FIN3O4S. The quantitative estimate of drug-likeness (QED) is 0.278. The smallest absolute Gasteiger partial charge is 0.191 e. The zero-order valence-electron chi connectivity index (χ0n) is 15.7. The number of aliphatic imine (C=N–C) groups is 1. The minimum atomic E-state index is -3.25. The van der Waals surface area contributed by atoms with Crippen LogP contribution in [0.15, 0.2) is 46.0 Å². The number of halogens is 2. The molecular weight excluding hydrogens is 500 g/mol. The topological polar surface area (TPSA) is 104 Å². The number of hydrogen-bond acceptors (Lipinski definition) is 5. The van der Waals surface area contributed by atoms with Crippen LogP contribution in [0, 0.1) is 5.82 Å². The molecule has 0 saturated carbocycles. The summed E-state index contributed by atoms with van der Waals surface area (Å²) in [5, 5.41) is 16.1. The van der Waals surface area contributed by atoms with Crippen LogP contribution in [0.5, 0.6) is 0 Å². The van der Waals surface area contributed by atoms with Gasteiger partial charge in [0.2, 0.25) is 0 Å². The summed E-state index contributed by atoms with van der Waals surface area (Å²) in [6, 6.07) is 7.33. The summed E-state index contributed by atoms with van der Waals surface area (Å²) in [7, 11) is -3.25. The number of benzene rings is 1. The molecule has 0 bridgehead atoms. The van der Waals surface area contributed by atoms with Crippen LogP contribution in [0.2, 0.25) is 0 Å². The van der Waals surface area contributed by atoms with Gasteiger partial charge in [0.1, 0.15) is 17.7 Å². The second-order valence-electron chi connectivity index (χ2n) is 6.09. The van der Waals surface area contributed by atoms with Gasteiger partial charge in [-0.15, -0.1) is 24.0 Å². The highest BCUT2D eigenvalue weighted by atomic mass is 127. The number of aliphatic hydroxyl groups excluding tert-OH is 1. The van der Waals surface area contributed by atoms with E-state index in [9.17, 15) is 17.9 Å². The van der Waals surface area contributed by atoms with Crippen LogP contribution >= 0.6 is 24.0 Å². The van der Waals surface area contributed by atoms with Crippen LogP contribution < -0.4 is 10.6 Å². The van der Waals surface area contributed by atoms with Crippen LogP contribution in [-0.4, -0.2) is 38.8 Å². The molecule has 0 radical (unpaired) electrons. The molecule has 2 aromatic rings. The Bertz CT molecular complexity index is 873. The maximum atomic E-state index is 13.6. The van der Waals surface area contributed by atoms with Crippen LogP contribution in [0.25, 0.3) is 0 Å². The first-order chi connectivity index (χ1) is 12.8. The Labute approximate surface area is 181 Å². The summed E-state index contributed by atoms with van der Waals surface area (Å²) in [5.74, 6) is 0.208. The van der Waals surface area contributed by atoms with Crippen molar-refractivity contribution in [2.75, 3.05) is 19.3 Å². The van der Waals surface area contributed by atoms with Crippen molar-refractivity contribution in [3.63, 3.8) is 0 Å². The first kappa shape index (κ1) is 24.4. The Morgan fingerprint density at radius 2 is 2.04 bits per heavy atom. The lowest BCUT2D eigenvalue weighted by Gasteiger charge is -2.14. The van der Waals surface area contributed by atoms with E-state index >= 15 is 0 Å². The Balaban J connectivity index is 0.00000392. The van der Waals surface area contributed by atoms with Crippen molar-refractivity contribution >= 4 is 39.8 Å². The Hall–Kier alpha value is -1.66. The summed E-state index contributed by atoms with van der Waals surface area (Å²) in [6.45, 7) is 2.73. The van der Waals surface area contributed by atoms with E-state index in [4.69, 9.17) is 4.42 Å². The van der Waals surface area contributed by atoms with Crippen molar-refractivity contribution in [1.82, 2.24) is 10.6 Å². The fourth-order valence-electron chi connectivity index (χ4n) is 2.45. The Morgan fingerprint density at radius 3 is 2.64 bits per heavy atom. The van der Waals surface area contributed by atoms with E-state index in [2.05, 4.69) is 15.6 Å². The van der Waals surface area contributed by atoms with Gasteiger partial charge in [0.15, 0.2) is 15.8 Å². The van der Waals surface area contributed by atoms with Crippen LogP contribution in [0.3, 0.4) is 0 Å². The lowest BCUT2D eigenvalue weighted by Crippen LogP contribution is -2.39. The first-order valence-electron chi connectivity index (χ1n) is 8.47. The molecule has 3 N–H and O–H groups in total. The van der Waals surface area contributed by atoms with E-state index in [0.29, 0.717) is 29.4 Å². The Morgan fingerprint density at radius 1 is 1.29 bits per heavy atom. The molecule has 0 amide bonds. The number of rotatable bonds is 8. The summed E-state index contributed by atoms with van der Waals surface area (Å²) >= 11 is 0.